The number of nitrogens with two attached hydrogens (primary N) is 1. The molecular formula is C23H16ClF3N8O2. The van der Waals surface area contributed by atoms with Gasteiger partial charge in [-0.25, -0.2) is 15.0 Å². The van der Waals surface area contributed by atoms with Crippen LogP contribution in [-0.2, 0) is 13.2 Å². The fourth-order valence-corrected chi connectivity index (χ4v) is 4.64. The molecule has 0 bridgehead atoms. The first-order valence-corrected chi connectivity index (χ1v) is 11.2. The highest BCUT2D eigenvalue weighted by molar-refractivity contribution is 6.35. The van der Waals surface area contributed by atoms with Crippen molar-refractivity contribution < 1.29 is 22.7 Å². The molecule has 2 N–H and O–H groups in total. The Balaban J connectivity index is 1.49. The number of alkyl halides is 3. The number of nitrogens with zero attached hydrogens (tertiary/aromatic N) is 7. The van der Waals surface area contributed by atoms with Crippen molar-refractivity contribution in [2.24, 2.45) is 7.05 Å². The SMILES string of the molecule is Cn1cc(N(C(=O)c2cc3c(cc2Cl)nc(N)c2cncn23)C2COc3nc(C(F)(F)F)ccc32)cn1. The quantitative estimate of drug-likeness (QED) is 0.375. The fraction of sp³-hybridized carbons (Fsp3) is 0.174. The molecule has 1 amide bonds. The van der Waals surface area contributed by atoms with Gasteiger partial charge in [-0.3, -0.25) is 18.8 Å². The van der Waals surface area contributed by atoms with Crippen molar-refractivity contribution in [1.82, 2.24) is 29.1 Å². The second-order valence-electron chi connectivity index (χ2n) is 8.43. The number of hydrogen-bond donors (Lipinski definition) is 1. The van der Waals surface area contributed by atoms with Gasteiger partial charge in [-0.2, -0.15) is 18.3 Å². The molecule has 0 radical (unpaired) electrons. The molecule has 0 spiro atoms. The van der Waals surface area contributed by atoms with Crippen LogP contribution in [0.2, 0.25) is 5.02 Å². The predicted octanol–water partition coefficient (Wildman–Crippen LogP) is 4.05. The molecule has 4 aromatic heterocycles. The molecule has 1 unspecified atom stereocenters. The van der Waals surface area contributed by atoms with Crippen LogP contribution in [0.4, 0.5) is 24.7 Å². The van der Waals surface area contributed by atoms with E-state index in [4.69, 9.17) is 22.1 Å². The third-order valence-corrected chi connectivity index (χ3v) is 6.43. The topological polar surface area (TPSA) is 116 Å². The number of aromatic nitrogens is 6. The van der Waals surface area contributed by atoms with Gasteiger partial charge < -0.3 is 10.5 Å². The van der Waals surface area contributed by atoms with Crippen molar-refractivity contribution in [3.8, 4) is 5.88 Å². The molecule has 10 nitrogen and oxygen atoms in total. The Hall–Kier alpha value is -4.39. The van der Waals surface area contributed by atoms with Crippen LogP contribution in [0.3, 0.4) is 0 Å². The fourth-order valence-electron chi connectivity index (χ4n) is 4.40. The van der Waals surface area contributed by atoms with Gasteiger partial charge in [-0.15, -0.1) is 0 Å². The summed E-state index contributed by atoms with van der Waals surface area (Å²) < 4.78 is 48.3. The van der Waals surface area contributed by atoms with Crippen molar-refractivity contribution >= 4 is 45.6 Å². The number of aryl methyl sites for hydroxylation is 1. The van der Waals surface area contributed by atoms with Crippen molar-refractivity contribution in [1.29, 1.82) is 0 Å². The van der Waals surface area contributed by atoms with Crippen LogP contribution in [0.1, 0.15) is 27.7 Å². The molecule has 188 valence electrons. The Kier molecular flexibility index (Phi) is 5.02. The highest BCUT2D eigenvalue weighted by Gasteiger charge is 2.39. The molecule has 1 aromatic carbocycles. The van der Waals surface area contributed by atoms with Crippen LogP contribution in [0, 0.1) is 0 Å². The number of halogens is 4. The molecule has 5 aromatic rings. The predicted molar refractivity (Wildman–Crippen MR) is 127 cm³/mol. The van der Waals surface area contributed by atoms with Crippen molar-refractivity contribution in [2.45, 2.75) is 12.2 Å². The van der Waals surface area contributed by atoms with Crippen LogP contribution in [-0.4, -0.2) is 41.6 Å². The van der Waals surface area contributed by atoms with Gasteiger partial charge in [0.25, 0.3) is 5.91 Å². The van der Waals surface area contributed by atoms with E-state index in [1.807, 2.05) is 0 Å². The van der Waals surface area contributed by atoms with Gasteiger partial charge in [0, 0.05) is 18.8 Å². The zero-order valence-electron chi connectivity index (χ0n) is 18.9. The normalized spacial score (nSPS) is 15.2. The average molecular weight is 529 g/mol. The standard InChI is InChI=1S/C23H16ClF3N8O2/c1-33-8-11(6-30-33)35(18-9-37-21-12(18)2-3-19(32-21)23(25,26)27)22(36)13-4-16-15(5-14(13)24)31-20(28)17-7-29-10-34(16)17/h2-8,10,18H,9H2,1H3,(H2,28,31). The van der Waals surface area contributed by atoms with Crippen LogP contribution in [0.25, 0.3) is 16.6 Å². The van der Waals surface area contributed by atoms with E-state index in [0.717, 1.165) is 6.07 Å². The maximum Gasteiger partial charge on any atom is 0.433 e. The zero-order chi connectivity index (χ0) is 26.1. The number of pyridine rings is 1. The third kappa shape index (κ3) is 3.69. The van der Waals surface area contributed by atoms with Crippen molar-refractivity contribution in [3.63, 3.8) is 0 Å². The maximum absolute atomic E-state index is 14.1. The number of anilines is 2. The van der Waals surface area contributed by atoms with E-state index in [2.05, 4.69) is 20.1 Å². The van der Waals surface area contributed by atoms with Crippen molar-refractivity contribution in [2.75, 3.05) is 17.2 Å². The molecule has 37 heavy (non-hydrogen) atoms. The minimum Gasteiger partial charge on any atom is -0.475 e. The minimum atomic E-state index is -4.63. The summed E-state index contributed by atoms with van der Waals surface area (Å²) in [5, 5.41) is 4.27. The summed E-state index contributed by atoms with van der Waals surface area (Å²) in [7, 11) is 1.68. The first kappa shape index (κ1) is 23.0. The summed E-state index contributed by atoms with van der Waals surface area (Å²) in [6.07, 6.45) is 1.54. The van der Waals surface area contributed by atoms with Gasteiger partial charge >= 0.3 is 6.18 Å². The van der Waals surface area contributed by atoms with Crippen LogP contribution >= 0.6 is 11.6 Å². The van der Waals surface area contributed by atoms with Gasteiger partial charge in [0.05, 0.1) is 46.0 Å². The highest BCUT2D eigenvalue weighted by Crippen LogP contribution is 2.41. The smallest absolute Gasteiger partial charge is 0.433 e. The monoisotopic (exact) mass is 528 g/mol. The Morgan fingerprint density at radius 2 is 2.03 bits per heavy atom. The summed E-state index contributed by atoms with van der Waals surface area (Å²) >= 11 is 6.55. The summed E-state index contributed by atoms with van der Waals surface area (Å²) in [6, 6.07) is 4.44. The number of rotatable bonds is 3. The van der Waals surface area contributed by atoms with Gasteiger partial charge in [0.1, 0.15) is 29.7 Å². The number of nitrogen functional groups attached to an aromatic ring is 1. The summed E-state index contributed by atoms with van der Waals surface area (Å²) in [6.45, 7) is -0.112. The van der Waals surface area contributed by atoms with Gasteiger partial charge in [0.2, 0.25) is 5.88 Å². The lowest BCUT2D eigenvalue weighted by atomic mass is 10.1. The van der Waals surface area contributed by atoms with E-state index >= 15 is 0 Å². The van der Waals surface area contributed by atoms with Crippen LogP contribution < -0.4 is 15.4 Å². The number of carbonyl (C=O) groups is 1. The molecule has 6 rings (SSSR count). The molecule has 0 saturated heterocycles. The van der Waals surface area contributed by atoms with E-state index in [-0.39, 0.29) is 28.9 Å². The average Bonchev–Trinajstić information content (AvgIpc) is 3.59. The zero-order valence-corrected chi connectivity index (χ0v) is 19.7. The van der Waals surface area contributed by atoms with Gasteiger partial charge in [-0.05, 0) is 24.3 Å². The summed E-state index contributed by atoms with van der Waals surface area (Å²) in [5.74, 6) is -0.458. The molecule has 14 heteroatoms. The number of ether oxygens (including phenoxy) is 1. The molecule has 1 atom stereocenters. The number of hydrogen-bond acceptors (Lipinski definition) is 7. The Labute approximate surface area is 211 Å². The lowest BCUT2D eigenvalue weighted by Crippen LogP contribution is -2.36. The van der Waals surface area contributed by atoms with E-state index in [1.54, 1.807) is 36.2 Å². The molecule has 1 aliphatic heterocycles. The number of benzene rings is 1. The minimum absolute atomic E-state index is 0.112. The summed E-state index contributed by atoms with van der Waals surface area (Å²) in [5.41, 5.74) is 7.34. The molecule has 1 aliphatic rings. The highest BCUT2D eigenvalue weighted by atomic mass is 35.5. The Morgan fingerprint density at radius 3 is 2.76 bits per heavy atom. The number of fused-ring (bicyclic) bond motifs is 4. The first-order chi connectivity index (χ1) is 17.6. The third-order valence-electron chi connectivity index (χ3n) is 6.11. The van der Waals surface area contributed by atoms with Crippen LogP contribution in [0.15, 0.2) is 49.2 Å². The van der Waals surface area contributed by atoms with E-state index in [9.17, 15) is 18.0 Å². The maximum atomic E-state index is 14.1. The van der Waals surface area contributed by atoms with Crippen molar-refractivity contribution in [3.05, 3.63) is 71.0 Å². The second-order valence-corrected chi connectivity index (χ2v) is 8.84. The summed E-state index contributed by atoms with van der Waals surface area (Å²) in [4.78, 5) is 27.5. The Bertz CT molecular complexity index is 1710. The number of carbonyl (C=O) groups excluding carboxylic acids is 1. The molecular weight excluding hydrogens is 513 g/mol. The van der Waals surface area contributed by atoms with E-state index in [0.29, 0.717) is 27.8 Å². The second kappa shape index (κ2) is 8.06. The van der Waals surface area contributed by atoms with Gasteiger partial charge in [-0.1, -0.05) is 11.6 Å². The Morgan fingerprint density at radius 1 is 1.22 bits per heavy atom. The molecule has 0 aliphatic carbocycles. The molecule has 0 saturated carbocycles. The van der Waals surface area contributed by atoms with E-state index in [1.165, 1.54) is 27.9 Å². The lowest BCUT2D eigenvalue weighted by Gasteiger charge is -2.27. The molecule has 0 fully saturated rings. The largest absolute Gasteiger partial charge is 0.475 e. The lowest BCUT2D eigenvalue weighted by molar-refractivity contribution is -0.141. The van der Waals surface area contributed by atoms with Gasteiger partial charge in [0.15, 0.2) is 0 Å². The number of amides is 1. The first-order valence-electron chi connectivity index (χ1n) is 10.9. The van der Waals surface area contributed by atoms with Crippen LogP contribution in [0.5, 0.6) is 5.88 Å². The van der Waals surface area contributed by atoms with E-state index < -0.39 is 23.8 Å². The molecule has 5 heterocycles. The number of imidazole rings is 1.